The molecular weight excluding hydrogens is 351 g/mol. The van der Waals surface area contributed by atoms with Gasteiger partial charge in [-0.15, -0.1) is 0 Å². The summed E-state index contributed by atoms with van der Waals surface area (Å²) in [6.45, 7) is -0.346. The van der Waals surface area contributed by atoms with Crippen LogP contribution in [0.15, 0.2) is 36.4 Å². The lowest BCUT2D eigenvalue weighted by molar-refractivity contribution is -0.141. The number of anilines is 1. The Morgan fingerprint density at radius 1 is 1.15 bits per heavy atom. The van der Waals surface area contributed by atoms with Gasteiger partial charge in [-0.25, -0.2) is 13.2 Å². The van der Waals surface area contributed by atoms with Crippen molar-refractivity contribution in [2.24, 2.45) is 5.92 Å². The van der Waals surface area contributed by atoms with E-state index < -0.39 is 41.5 Å². The molecule has 1 amide bonds. The molecule has 0 bridgehead atoms. The van der Waals surface area contributed by atoms with E-state index in [9.17, 15) is 22.8 Å². The number of amides is 1. The minimum absolute atomic E-state index is 0.0588. The third kappa shape index (κ3) is 3.63. The smallest absolute Gasteiger partial charge is 0.308 e. The highest BCUT2D eigenvalue weighted by Gasteiger charge is 2.34. The maximum absolute atomic E-state index is 13.6. The van der Waals surface area contributed by atoms with E-state index in [1.807, 2.05) is 0 Å². The molecule has 1 heterocycles. The van der Waals surface area contributed by atoms with Crippen molar-refractivity contribution in [3.8, 4) is 5.75 Å². The summed E-state index contributed by atoms with van der Waals surface area (Å²) in [5.41, 5.74) is 0.111. The quantitative estimate of drug-likeness (QED) is 0.884. The first-order valence-corrected chi connectivity index (χ1v) is 7.74. The molecule has 3 rings (SSSR count). The number of hydrogen-bond donors (Lipinski definition) is 1. The molecule has 2 aromatic rings. The summed E-state index contributed by atoms with van der Waals surface area (Å²) in [6, 6.07) is 7.24. The lowest BCUT2D eigenvalue weighted by Gasteiger charge is -2.16. The predicted octanol–water partition coefficient (Wildman–Crippen LogP) is 3.12. The average Bonchev–Trinajstić information content (AvgIpc) is 2.96. The number of carbonyl (C=O) groups excluding carboxylic acids is 1. The number of benzene rings is 2. The summed E-state index contributed by atoms with van der Waals surface area (Å²) in [6.07, 6.45) is -0.0588. The molecule has 0 radical (unpaired) electrons. The number of carbonyl (C=O) groups is 2. The normalized spacial score (nSPS) is 16.8. The van der Waals surface area contributed by atoms with Crippen molar-refractivity contribution in [2.45, 2.75) is 13.0 Å². The Balaban J connectivity index is 1.67. The molecule has 0 aromatic heterocycles. The van der Waals surface area contributed by atoms with Crippen molar-refractivity contribution < 1.29 is 32.6 Å². The number of carboxylic acids is 1. The fourth-order valence-corrected chi connectivity index (χ4v) is 2.71. The molecule has 1 atom stereocenters. The maximum atomic E-state index is 13.6. The zero-order valence-corrected chi connectivity index (χ0v) is 13.4. The Kier molecular flexibility index (Phi) is 4.83. The topological polar surface area (TPSA) is 66.8 Å². The van der Waals surface area contributed by atoms with Crippen LogP contribution in [0.5, 0.6) is 5.75 Å². The molecule has 5 nitrogen and oxygen atoms in total. The summed E-state index contributed by atoms with van der Waals surface area (Å²) in [5.74, 6) is -4.86. The van der Waals surface area contributed by atoms with E-state index in [4.69, 9.17) is 9.84 Å². The van der Waals surface area contributed by atoms with Gasteiger partial charge in [-0.05, 0) is 24.3 Å². The summed E-state index contributed by atoms with van der Waals surface area (Å²) >= 11 is 0. The SMILES string of the molecule is O=C(O)C1CC(=O)N(c2ccc(OCc3c(F)cc(F)cc3F)cc2)C1. The van der Waals surface area contributed by atoms with Crippen LogP contribution in [0.2, 0.25) is 0 Å². The van der Waals surface area contributed by atoms with E-state index in [0.29, 0.717) is 23.6 Å². The van der Waals surface area contributed by atoms with Gasteiger partial charge in [0, 0.05) is 30.8 Å². The van der Waals surface area contributed by atoms with Gasteiger partial charge in [-0.1, -0.05) is 0 Å². The first kappa shape index (κ1) is 17.8. The molecule has 1 N–H and O–H groups in total. The van der Waals surface area contributed by atoms with Gasteiger partial charge in [0.05, 0.1) is 11.5 Å². The number of hydrogen-bond acceptors (Lipinski definition) is 3. The van der Waals surface area contributed by atoms with Gasteiger partial charge in [0.1, 0.15) is 29.8 Å². The van der Waals surface area contributed by atoms with Crippen molar-refractivity contribution in [1.82, 2.24) is 0 Å². The fraction of sp³-hybridized carbons (Fsp3) is 0.222. The summed E-state index contributed by atoms with van der Waals surface area (Å²) < 4.78 is 45.3. The molecule has 1 unspecified atom stereocenters. The highest BCUT2D eigenvalue weighted by Crippen LogP contribution is 2.27. The van der Waals surface area contributed by atoms with Crippen LogP contribution in [-0.4, -0.2) is 23.5 Å². The number of aliphatic carboxylic acids is 1. The molecule has 0 aliphatic carbocycles. The van der Waals surface area contributed by atoms with Crippen LogP contribution in [-0.2, 0) is 16.2 Å². The molecule has 1 saturated heterocycles. The lowest BCUT2D eigenvalue weighted by Crippen LogP contribution is -2.25. The third-order valence-corrected chi connectivity index (χ3v) is 4.11. The number of rotatable bonds is 5. The van der Waals surface area contributed by atoms with Gasteiger partial charge < -0.3 is 14.7 Å². The minimum atomic E-state index is -1.04. The Labute approximate surface area is 146 Å². The largest absolute Gasteiger partial charge is 0.489 e. The molecule has 0 saturated carbocycles. The third-order valence-electron chi connectivity index (χ3n) is 4.11. The van der Waals surface area contributed by atoms with Gasteiger partial charge in [-0.2, -0.15) is 0 Å². The zero-order chi connectivity index (χ0) is 18.8. The molecular formula is C18H14F3NO4. The molecule has 8 heteroatoms. The van der Waals surface area contributed by atoms with Gasteiger partial charge in [0.15, 0.2) is 0 Å². The van der Waals surface area contributed by atoms with E-state index >= 15 is 0 Å². The van der Waals surface area contributed by atoms with Crippen LogP contribution >= 0.6 is 0 Å². The Morgan fingerprint density at radius 2 is 1.77 bits per heavy atom. The first-order valence-electron chi connectivity index (χ1n) is 7.74. The van der Waals surface area contributed by atoms with Crippen molar-refractivity contribution in [1.29, 1.82) is 0 Å². The van der Waals surface area contributed by atoms with Gasteiger partial charge in [0.25, 0.3) is 0 Å². The monoisotopic (exact) mass is 365 g/mol. The van der Waals surface area contributed by atoms with E-state index in [2.05, 4.69) is 0 Å². The van der Waals surface area contributed by atoms with Crippen LogP contribution in [0, 0.1) is 23.4 Å². The minimum Gasteiger partial charge on any atom is -0.489 e. The van der Waals surface area contributed by atoms with Crippen molar-refractivity contribution in [2.75, 3.05) is 11.4 Å². The zero-order valence-electron chi connectivity index (χ0n) is 13.4. The van der Waals surface area contributed by atoms with Crippen LogP contribution < -0.4 is 9.64 Å². The molecule has 1 fully saturated rings. The molecule has 1 aliphatic rings. The standard InChI is InChI=1S/C18H14F3NO4/c19-11-6-15(20)14(16(21)7-11)9-26-13-3-1-12(2-4-13)22-8-10(18(24)25)5-17(22)23/h1-4,6-7,10H,5,8-9H2,(H,24,25). The predicted molar refractivity (Wildman–Crippen MR) is 85.2 cm³/mol. The van der Waals surface area contributed by atoms with Crippen LogP contribution in [0.4, 0.5) is 18.9 Å². The Bertz CT molecular complexity index is 831. The molecule has 0 spiro atoms. The summed E-state index contributed by atoms with van der Waals surface area (Å²) in [5, 5.41) is 9.00. The Morgan fingerprint density at radius 3 is 2.31 bits per heavy atom. The molecule has 1 aliphatic heterocycles. The van der Waals surface area contributed by atoms with E-state index in [1.54, 1.807) is 12.1 Å². The highest BCUT2D eigenvalue weighted by atomic mass is 19.1. The second kappa shape index (κ2) is 7.07. The van der Waals surface area contributed by atoms with Crippen molar-refractivity contribution >= 4 is 17.6 Å². The highest BCUT2D eigenvalue weighted by molar-refractivity contribution is 5.99. The number of halogens is 3. The second-order valence-electron chi connectivity index (χ2n) is 5.87. The summed E-state index contributed by atoms with van der Waals surface area (Å²) in [4.78, 5) is 24.3. The van der Waals surface area contributed by atoms with Crippen molar-refractivity contribution in [3.05, 3.63) is 59.4 Å². The maximum Gasteiger partial charge on any atom is 0.308 e. The Hall–Kier alpha value is -3.03. The van der Waals surface area contributed by atoms with E-state index in [-0.39, 0.29) is 18.9 Å². The van der Waals surface area contributed by atoms with Gasteiger partial charge in [-0.3, -0.25) is 9.59 Å². The number of nitrogens with zero attached hydrogens (tertiary/aromatic N) is 1. The van der Waals surface area contributed by atoms with E-state index in [1.165, 1.54) is 17.0 Å². The van der Waals surface area contributed by atoms with Crippen LogP contribution in [0.3, 0.4) is 0 Å². The second-order valence-corrected chi connectivity index (χ2v) is 5.87. The van der Waals surface area contributed by atoms with Crippen LogP contribution in [0.1, 0.15) is 12.0 Å². The van der Waals surface area contributed by atoms with Crippen molar-refractivity contribution in [3.63, 3.8) is 0 Å². The summed E-state index contributed by atoms with van der Waals surface area (Å²) in [7, 11) is 0. The van der Waals surface area contributed by atoms with E-state index in [0.717, 1.165) is 0 Å². The van der Waals surface area contributed by atoms with Gasteiger partial charge >= 0.3 is 5.97 Å². The molecule has 2 aromatic carbocycles. The van der Waals surface area contributed by atoms with Gasteiger partial charge in [0.2, 0.25) is 5.91 Å². The molecule has 26 heavy (non-hydrogen) atoms. The number of ether oxygens (including phenoxy) is 1. The lowest BCUT2D eigenvalue weighted by atomic mass is 10.1. The number of carboxylic acid groups (broad SMARTS) is 1. The average molecular weight is 365 g/mol. The van der Waals surface area contributed by atoms with Crippen LogP contribution in [0.25, 0.3) is 0 Å². The first-order chi connectivity index (χ1) is 12.3. The molecule has 136 valence electrons. The fourth-order valence-electron chi connectivity index (χ4n) is 2.71.